The molecule has 0 rings (SSSR count). The first-order valence-electron chi connectivity index (χ1n) is 32.8. The summed E-state index contributed by atoms with van der Waals surface area (Å²) in [5.41, 5.74) is 5.81. The lowest BCUT2D eigenvalue weighted by Gasteiger charge is -2.22. The van der Waals surface area contributed by atoms with Crippen LogP contribution in [0.25, 0.3) is 0 Å². The molecule has 0 aliphatic rings. The zero-order valence-electron chi connectivity index (χ0n) is 52.7. The molecule has 0 aromatic rings. The number of carbonyl (C=O) groups is 2. The Morgan fingerprint density at radius 1 is 0.341 bits per heavy atom. The first-order valence-corrected chi connectivity index (χ1v) is 32.8. The maximum atomic E-state index is 12.3. The van der Waals surface area contributed by atoms with Gasteiger partial charge in [-0.2, -0.15) is 0 Å². The van der Waals surface area contributed by atoms with Crippen LogP contribution in [-0.2, 0) is 57.0 Å². The van der Waals surface area contributed by atoms with Crippen LogP contribution in [0, 0.1) is 0 Å². The molecule has 18 nitrogen and oxygen atoms in total. The molecule has 0 aliphatic carbocycles. The van der Waals surface area contributed by atoms with Gasteiger partial charge >= 0.3 is 0 Å². The Morgan fingerprint density at radius 3 is 0.817 bits per heavy atom. The number of ether oxygens (including phenoxy) is 10. The second-order valence-electron chi connectivity index (χ2n) is 20.6. The predicted molar refractivity (Wildman–Crippen MR) is 333 cm³/mol. The summed E-state index contributed by atoms with van der Waals surface area (Å²) < 4.78 is 53.2. The van der Waals surface area contributed by atoms with Crippen molar-refractivity contribution in [1.82, 2.24) is 15.5 Å². The summed E-state index contributed by atoms with van der Waals surface area (Å²) in [5.74, 6) is 0.294. The van der Waals surface area contributed by atoms with Crippen molar-refractivity contribution < 1.29 is 67.2 Å². The number of rotatable bonds is 69. The number of nitrogens with two attached hydrogens (primary N) is 1. The number of unbranched alkanes of at least 4 members (excludes halogenated alkanes) is 22. The van der Waals surface area contributed by atoms with Crippen molar-refractivity contribution in [1.29, 1.82) is 0 Å². The van der Waals surface area contributed by atoms with Gasteiger partial charge in [0.25, 0.3) is 0 Å². The van der Waals surface area contributed by atoms with Gasteiger partial charge in [-0.3, -0.25) is 14.5 Å². The van der Waals surface area contributed by atoms with Gasteiger partial charge in [-0.05, 0) is 64.2 Å². The van der Waals surface area contributed by atoms with Crippen LogP contribution in [0.2, 0.25) is 0 Å². The Kier molecular flexibility index (Phi) is 76.8. The molecule has 0 aromatic carbocycles. The number of allylic oxidation sites excluding steroid dienone is 4. The topological polar surface area (TPSA) is 220 Å². The molecule has 0 saturated carbocycles. The molecule has 0 spiro atoms. The Balaban J connectivity index is 0. The molecule has 0 aromatic heterocycles. The molecule has 0 heterocycles. The van der Waals surface area contributed by atoms with Crippen LogP contribution in [0.4, 0.5) is 0 Å². The van der Waals surface area contributed by atoms with Crippen molar-refractivity contribution in [3.8, 4) is 0 Å². The molecule has 0 saturated heterocycles. The minimum absolute atomic E-state index is 0.0265. The Bertz CT molecular complexity index is 1190. The van der Waals surface area contributed by atoms with Crippen molar-refractivity contribution in [2.24, 2.45) is 5.73 Å². The standard InChI is InChI=1S/C42H82N4O2.C22H46O12/c1-3-5-7-9-11-13-15-17-19-21-23-25-27-29-31-33-41(47)44-36-39-46(38-35-43)40-37-45-42(48)34-32-30-28-26-24-22-20-18-16-14-12-10-8-6-4-2;23-1-3-25-5-7-27-9-11-29-13-15-31-17-19-33-21-22-34-20-18-32-16-14-30-12-10-28-8-6-26-4-2-24/h17-20H,3-16,21-40,43H2,1-2H3,(H,44,47)(H,45,48);23-24H,1-22H2. The third-order valence-electron chi connectivity index (χ3n) is 13.1. The fourth-order valence-electron chi connectivity index (χ4n) is 8.32. The number of carbonyl (C=O) groups excluding carboxylic acids is 2. The van der Waals surface area contributed by atoms with Crippen LogP contribution < -0.4 is 16.4 Å². The van der Waals surface area contributed by atoms with Crippen LogP contribution in [0.15, 0.2) is 24.3 Å². The number of nitrogens with zero attached hydrogens (tertiary/aromatic N) is 1. The maximum absolute atomic E-state index is 12.3. The van der Waals surface area contributed by atoms with E-state index in [0.29, 0.717) is 165 Å². The highest BCUT2D eigenvalue weighted by Crippen LogP contribution is 2.12. The molecule has 6 N–H and O–H groups in total. The van der Waals surface area contributed by atoms with E-state index in [-0.39, 0.29) is 25.0 Å². The molecule has 18 heteroatoms. The van der Waals surface area contributed by atoms with E-state index in [1.807, 2.05) is 0 Å². The van der Waals surface area contributed by atoms with E-state index in [0.717, 1.165) is 45.3 Å². The van der Waals surface area contributed by atoms with Crippen LogP contribution in [0.5, 0.6) is 0 Å². The number of hydrogen-bond donors (Lipinski definition) is 5. The average Bonchev–Trinajstić information content (AvgIpc) is 3.47. The van der Waals surface area contributed by atoms with Crippen LogP contribution in [0.1, 0.15) is 194 Å². The van der Waals surface area contributed by atoms with Crippen molar-refractivity contribution in [3.63, 3.8) is 0 Å². The molecule has 0 bridgehead atoms. The number of hydrogen-bond acceptors (Lipinski definition) is 16. The first kappa shape index (κ1) is 81.9. The van der Waals surface area contributed by atoms with E-state index in [2.05, 4.69) is 53.7 Å². The minimum Gasteiger partial charge on any atom is -0.394 e. The van der Waals surface area contributed by atoms with Gasteiger partial charge in [-0.25, -0.2) is 0 Å². The predicted octanol–water partition coefficient (Wildman–Crippen LogP) is 9.69. The van der Waals surface area contributed by atoms with Gasteiger partial charge in [0.2, 0.25) is 11.8 Å². The van der Waals surface area contributed by atoms with Gasteiger partial charge < -0.3 is 73.9 Å². The lowest BCUT2D eigenvalue weighted by atomic mass is 10.1. The fourth-order valence-corrected chi connectivity index (χ4v) is 8.32. The van der Waals surface area contributed by atoms with Gasteiger partial charge in [0, 0.05) is 52.1 Å². The van der Waals surface area contributed by atoms with Gasteiger partial charge in [0.1, 0.15) is 0 Å². The molecular formula is C64H128N4O14. The van der Waals surface area contributed by atoms with E-state index in [4.69, 9.17) is 63.3 Å². The average molecular weight is 1180 g/mol. The fraction of sp³-hybridized carbons (Fsp3) is 0.906. The molecule has 2 amide bonds. The highest BCUT2D eigenvalue weighted by Gasteiger charge is 2.08. The van der Waals surface area contributed by atoms with Gasteiger partial charge in [0.05, 0.1) is 145 Å². The number of nitrogens with one attached hydrogen (secondary N) is 2. The van der Waals surface area contributed by atoms with Gasteiger partial charge in [-0.1, -0.05) is 141 Å². The Morgan fingerprint density at radius 2 is 0.573 bits per heavy atom. The smallest absolute Gasteiger partial charge is 0.220 e. The van der Waals surface area contributed by atoms with Gasteiger partial charge in [-0.15, -0.1) is 0 Å². The van der Waals surface area contributed by atoms with E-state index in [9.17, 15) is 9.59 Å². The van der Waals surface area contributed by atoms with Crippen LogP contribution in [0.3, 0.4) is 0 Å². The molecule has 488 valence electrons. The summed E-state index contributed by atoms with van der Waals surface area (Å²) in [5, 5.41) is 23.2. The first-order chi connectivity index (χ1) is 40.5. The Labute approximate surface area is 501 Å². The van der Waals surface area contributed by atoms with Crippen molar-refractivity contribution in [2.75, 3.05) is 185 Å². The monoisotopic (exact) mass is 1180 g/mol. The molecule has 0 fully saturated rings. The third-order valence-corrected chi connectivity index (χ3v) is 13.1. The maximum Gasteiger partial charge on any atom is 0.220 e. The summed E-state index contributed by atoms with van der Waals surface area (Å²) in [4.78, 5) is 26.8. The lowest BCUT2D eigenvalue weighted by molar-refractivity contribution is -0.121. The zero-order chi connectivity index (χ0) is 59.6. The molecule has 0 radical (unpaired) electrons. The summed E-state index contributed by atoms with van der Waals surface area (Å²) in [6.45, 7) is 18.4. The number of amides is 2. The highest BCUT2D eigenvalue weighted by molar-refractivity contribution is 5.76. The van der Waals surface area contributed by atoms with Crippen LogP contribution in [-0.4, -0.2) is 212 Å². The van der Waals surface area contributed by atoms with E-state index < -0.39 is 0 Å². The van der Waals surface area contributed by atoms with E-state index in [1.54, 1.807) is 0 Å². The SMILES string of the molecule is CCCCCCCCC=CCCCCCCCC(=O)NCCN(CCN)CCNC(=O)CCCCCCCC=CCCCCCCCC.OCCOCCOCCOCCOCCOCCOCCOCCOCCOCCOCCO. The number of aliphatic hydroxyl groups excluding tert-OH is 2. The molecule has 0 unspecified atom stereocenters. The lowest BCUT2D eigenvalue weighted by Crippen LogP contribution is -2.41. The zero-order valence-corrected chi connectivity index (χ0v) is 52.7. The molecular weight excluding hydrogens is 1050 g/mol. The normalized spacial score (nSPS) is 11.6. The summed E-state index contributed by atoms with van der Waals surface area (Å²) in [6, 6.07) is 0. The third kappa shape index (κ3) is 75.9. The summed E-state index contributed by atoms with van der Waals surface area (Å²) in [7, 11) is 0. The van der Waals surface area contributed by atoms with Crippen molar-refractivity contribution >= 4 is 11.8 Å². The van der Waals surface area contributed by atoms with Gasteiger partial charge in [0.15, 0.2) is 0 Å². The molecule has 82 heavy (non-hydrogen) atoms. The molecule has 0 aliphatic heterocycles. The second kappa shape index (κ2) is 76.9. The van der Waals surface area contributed by atoms with Crippen molar-refractivity contribution in [3.05, 3.63) is 24.3 Å². The number of aliphatic hydroxyl groups is 2. The Hall–Kier alpha value is -2.14. The van der Waals surface area contributed by atoms with Crippen LogP contribution >= 0.6 is 0 Å². The largest absolute Gasteiger partial charge is 0.394 e. The second-order valence-corrected chi connectivity index (χ2v) is 20.6. The van der Waals surface area contributed by atoms with E-state index >= 15 is 0 Å². The quantitative estimate of drug-likeness (QED) is 0.0283. The van der Waals surface area contributed by atoms with E-state index in [1.165, 1.54) is 141 Å². The minimum atomic E-state index is 0.0265. The summed E-state index contributed by atoms with van der Waals surface area (Å²) >= 11 is 0. The molecule has 0 atom stereocenters. The van der Waals surface area contributed by atoms with Crippen molar-refractivity contribution in [2.45, 2.75) is 194 Å². The summed E-state index contributed by atoms with van der Waals surface area (Å²) in [6.07, 6.45) is 43.6. The highest BCUT2D eigenvalue weighted by atomic mass is 16.6.